The number of anilines is 3. The van der Waals surface area contributed by atoms with Crippen LogP contribution in [0, 0.1) is 0 Å². The topological polar surface area (TPSA) is 64.5 Å². The van der Waals surface area contributed by atoms with Crippen LogP contribution in [-0.4, -0.2) is 51.8 Å². The molecule has 6 heteroatoms. The van der Waals surface area contributed by atoms with E-state index in [1.165, 1.54) is 16.7 Å². The predicted molar refractivity (Wildman–Crippen MR) is 138 cm³/mol. The Morgan fingerprint density at radius 1 is 0.971 bits per heavy atom. The van der Waals surface area contributed by atoms with Gasteiger partial charge in [0.05, 0.1) is 6.10 Å². The average molecular weight is 458 g/mol. The number of hydrogen-bond donors (Lipinski definition) is 2. The first kappa shape index (κ1) is 22.8. The summed E-state index contributed by atoms with van der Waals surface area (Å²) in [6, 6.07) is 19.3. The molecule has 2 atom stereocenters. The molecule has 1 fully saturated rings. The molecule has 0 spiro atoms. The molecule has 2 aliphatic heterocycles. The van der Waals surface area contributed by atoms with Crippen LogP contribution in [0.3, 0.4) is 0 Å². The lowest BCUT2D eigenvalue weighted by molar-refractivity contribution is 0.0293. The van der Waals surface area contributed by atoms with Gasteiger partial charge in [0.25, 0.3) is 0 Å². The maximum absolute atomic E-state index is 11.1. The van der Waals surface area contributed by atoms with Crippen molar-refractivity contribution >= 4 is 17.3 Å². The number of aliphatic hydroxyl groups excluding tert-OH is 1. The average Bonchev–Trinajstić information content (AvgIpc) is 2.84. The first-order valence-corrected chi connectivity index (χ1v) is 12.3. The second-order valence-corrected chi connectivity index (χ2v) is 10.6. The SMILES string of the molecule is CC(C)(C)c1ccc(Nc2cc(N3CC[C@@H](N4CCc5ccccc5C4)[C@H](O)C3)ncn2)cc1. The van der Waals surface area contributed by atoms with Gasteiger partial charge in [-0.25, -0.2) is 9.97 Å². The fourth-order valence-corrected chi connectivity index (χ4v) is 5.14. The van der Waals surface area contributed by atoms with E-state index >= 15 is 0 Å². The molecule has 2 aliphatic rings. The quantitative estimate of drug-likeness (QED) is 0.601. The summed E-state index contributed by atoms with van der Waals surface area (Å²) in [6.45, 7) is 10.0. The molecule has 0 radical (unpaired) electrons. The molecule has 0 amide bonds. The molecule has 34 heavy (non-hydrogen) atoms. The summed E-state index contributed by atoms with van der Waals surface area (Å²) in [7, 11) is 0. The largest absolute Gasteiger partial charge is 0.390 e. The van der Waals surface area contributed by atoms with E-state index in [0.29, 0.717) is 6.54 Å². The summed E-state index contributed by atoms with van der Waals surface area (Å²) < 4.78 is 0. The molecular weight excluding hydrogens is 422 g/mol. The zero-order chi connectivity index (χ0) is 23.7. The molecule has 2 N–H and O–H groups in total. The number of β-amino-alcohol motifs (C(OH)–C–C–N with tert-alkyl or cyclic N) is 1. The third kappa shape index (κ3) is 4.93. The molecule has 1 aromatic heterocycles. The molecule has 3 aromatic rings. The molecule has 3 heterocycles. The smallest absolute Gasteiger partial charge is 0.135 e. The molecule has 178 valence electrons. The second kappa shape index (κ2) is 9.35. The molecule has 5 rings (SSSR count). The number of aromatic nitrogens is 2. The number of nitrogens with zero attached hydrogens (tertiary/aromatic N) is 4. The van der Waals surface area contributed by atoms with Gasteiger partial charge in [-0.1, -0.05) is 57.2 Å². The number of nitrogens with one attached hydrogen (secondary N) is 1. The number of fused-ring (bicyclic) bond motifs is 1. The van der Waals surface area contributed by atoms with E-state index in [1.54, 1.807) is 6.33 Å². The van der Waals surface area contributed by atoms with E-state index < -0.39 is 6.10 Å². The standard InChI is InChI=1S/C28H35N5O/c1-28(2,3)22-8-10-23(11-9-22)31-26-16-27(30-19-29-26)33-15-13-24(25(34)18-33)32-14-12-20-6-4-5-7-21(20)17-32/h4-11,16,19,24-25,34H,12-15,17-18H2,1-3H3,(H,29,30,31)/t24-,25-/m1/s1. The van der Waals surface area contributed by atoms with Gasteiger partial charge >= 0.3 is 0 Å². The Bertz CT molecular complexity index is 1120. The van der Waals surface area contributed by atoms with Crippen LogP contribution in [0.4, 0.5) is 17.3 Å². The Labute approximate surface area is 202 Å². The Hall–Kier alpha value is -2.96. The van der Waals surface area contributed by atoms with Gasteiger partial charge in [-0.15, -0.1) is 0 Å². The summed E-state index contributed by atoms with van der Waals surface area (Å²) in [5, 5.41) is 14.4. The van der Waals surface area contributed by atoms with Gasteiger partial charge in [0.15, 0.2) is 0 Å². The number of benzene rings is 2. The Morgan fingerprint density at radius 2 is 1.74 bits per heavy atom. The minimum atomic E-state index is -0.407. The highest BCUT2D eigenvalue weighted by Crippen LogP contribution is 2.28. The molecule has 6 nitrogen and oxygen atoms in total. The van der Waals surface area contributed by atoms with Crippen molar-refractivity contribution in [2.45, 2.75) is 57.7 Å². The van der Waals surface area contributed by atoms with Crippen molar-refractivity contribution in [3.05, 3.63) is 77.6 Å². The van der Waals surface area contributed by atoms with Gasteiger partial charge in [0, 0.05) is 44.0 Å². The van der Waals surface area contributed by atoms with Gasteiger partial charge < -0.3 is 15.3 Å². The van der Waals surface area contributed by atoms with Crippen LogP contribution in [0.15, 0.2) is 60.9 Å². The maximum Gasteiger partial charge on any atom is 0.135 e. The van der Waals surface area contributed by atoms with Gasteiger partial charge in [-0.2, -0.15) is 0 Å². The van der Waals surface area contributed by atoms with Crippen LogP contribution in [-0.2, 0) is 18.4 Å². The van der Waals surface area contributed by atoms with Crippen LogP contribution in [0.2, 0.25) is 0 Å². The monoisotopic (exact) mass is 457 g/mol. The van der Waals surface area contributed by atoms with Crippen molar-refractivity contribution in [2.24, 2.45) is 0 Å². The van der Waals surface area contributed by atoms with E-state index in [2.05, 4.69) is 94.4 Å². The van der Waals surface area contributed by atoms with Gasteiger partial charge in [-0.05, 0) is 47.1 Å². The van der Waals surface area contributed by atoms with E-state index in [4.69, 9.17) is 0 Å². The first-order valence-electron chi connectivity index (χ1n) is 12.3. The summed E-state index contributed by atoms with van der Waals surface area (Å²) in [4.78, 5) is 13.5. The van der Waals surface area contributed by atoms with Crippen molar-refractivity contribution in [2.75, 3.05) is 29.9 Å². The normalized spacial score (nSPS) is 21.2. The minimum absolute atomic E-state index is 0.130. The Morgan fingerprint density at radius 3 is 2.47 bits per heavy atom. The van der Waals surface area contributed by atoms with Gasteiger partial charge in [0.2, 0.25) is 0 Å². The van der Waals surface area contributed by atoms with Crippen molar-refractivity contribution in [1.29, 1.82) is 0 Å². The first-order chi connectivity index (χ1) is 16.4. The molecule has 2 aromatic carbocycles. The van der Waals surface area contributed by atoms with E-state index in [9.17, 15) is 5.11 Å². The number of aliphatic hydroxyl groups is 1. The fraction of sp³-hybridized carbons (Fsp3) is 0.429. The second-order valence-electron chi connectivity index (χ2n) is 10.6. The molecule has 1 saturated heterocycles. The predicted octanol–water partition coefficient (Wildman–Crippen LogP) is 4.52. The summed E-state index contributed by atoms with van der Waals surface area (Å²) in [5.74, 6) is 1.61. The highest BCUT2D eigenvalue weighted by atomic mass is 16.3. The van der Waals surface area contributed by atoms with Crippen molar-refractivity contribution in [3.63, 3.8) is 0 Å². The Balaban J connectivity index is 1.22. The summed E-state index contributed by atoms with van der Waals surface area (Å²) in [5.41, 5.74) is 5.27. The Kier molecular flexibility index (Phi) is 6.28. The van der Waals surface area contributed by atoms with Crippen LogP contribution >= 0.6 is 0 Å². The molecule has 0 bridgehead atoms. The number of hydrogen-bond acceptors (Lipinski definition) is 6. The minimum Gasteiger partial charge on any atom is -0.390 e. The van der Waals surface area contributed by atoms with Crippen molar-refractivity contribution < 1.29 is 5.11 Å². The van der Waals surface area contributed by atoms with E-state index in [-0.39, 0.29) is 11.5 Å². The highest BCUT2D eigenvalue weighted by molar-refractivity contribution is 5.60. The van der Waals surface area contributed by atoms with Crippen LogP contribution in [0.1, 0.15) is 43.9 Å². The van der Waals surface area contributed by atoms with Gasteiger partial charge in [0.1, 0.15) is 18.0 Å². The third-order valence-corrected chi connectivity index (χ3v) is 7.18. The molecular formula is C28H35N5O. The van der Waals surface area contributed by atoms with E-state index in [1.807, 2.05) is 6.07 Å². The van der Waals surface area contributed by atoms with Crippen LogP contribution in [0.25, 0.3) is 0 Å². The van der Waals surface area contributed by atoms with Crippen LogP contribution < -0.4 is 10.2 Å². The third-order valence-electron chi connectivity index (χ3n) is 7.18. The van der Waals surface area contributed by atoms with Crippen molar-refractivity contribution in [3.8, 4) is 0 Å². The number of rotatable bonds is 4. The fourth-order valence-electron chi connectivity index (χ4n) is 5.14. The summed E-state index contributed by atoms with van der Waals surface area (Å²) >= 11 is 0. The zero-order valence-electron chi connectivity index (χ0n) is 20.4. The van der Waals surface area contributed by atoms with E-state index in [0.717, 1.165) is 49.8 Å². The van der Waals surface area contributed by atoms with Gasteiger partial charge in [-0.3, -0.25) is 4.90 Å². The highest BCUT2D eigenvalue weighted by Gasteiger charge is 2.34. The zero-order valence-corrected chi connectivity index (χ0v) is 20.4. The van der Waals surface area contributed by atoms with Crippen LogP contribution in [0.5, 0.6) is 0 Å². The lowest BCUT2D eigenvalue weighted by atomic mass is 9.87. The number of piperidine rings is 1. The molecule has 0 unspecified atom stereocenters. The maximum atomic E-state index is 11.1. The lowest BCUT2D eigenvalue weighted by Crippen LogP contribution is -2.55. The molecule has 0 aliphatic carbocycles. The molecule has 0 saturated carbocycles. The lowest BCUT2D eigenvalue weighted by Gasteiger charge is -2.43. The van der Waals surface area contributed by atoms with Crippen molar-refractivity contribution in [1.82, 2.24) is 14.9 Å². The summed E-state index contributed by atoms with van der Waals surface area (Å²) in [6.07, 6.45) is 3.17.